The lowest BCUT2D eigenvalue weighted by atomic mass is 10.2. The number of amides is 1. The standard InChI is InChI=1S/C20H24F2N2O4S/c1-14(2)28-17-7-4-6-15(12-17)23-20(25)8-5-11-24(29(3,26)27)16-9-10-18(21)19(22)13-16/h4,6-7,9-10,12-14H,5,8,11H2,1-3H3,(H,23,25). The van der Waals surface area contributed by atoms with Crippen molar-refractivity contribution in [1.29, 1.82) is 0 Å². The van der Waals surface area contributed by atoms with Crippen LogP contribution in [0, 0.1) is 11.6 Å². The van der Waals surface area contributed by atoms with Crippen molar-refractivity contribution in [3.8, 4) is 5.75 Å². The molecule has 0 bridgehead atoms. The summed E-state index contributed by atoms with van der Waals surface area (Å²) in [5.74, 6) is -1.88. The molecule has 0 saturated carbocycles. The van der Waals surface area contributed by atoms with Crippen LogP contribution in [-0.2, 0) is 14.8 Å². The maximum absolute atomic E-state index is 13.5. The molecule has 0 fully saturated rings. The van der Waals surface area contributed by atoms with Crippen LogP contribution in [-0.4, -0.2) is 33.2 Å². The van der Waals surface area contributed by atoms with E-state index in [-0.39, 0.29) is 37.1 Å². The number of benzene rings is 2. The minimum atomic E-state index is -3.73. The normalized spacial score (nSPS) is 11.4. The third-order valence-corrected chi connectivity index (χ3v) is 5.04. The van der Waals surface area contributed by atoms with Gasteiger partial charge in [-0.2, -0.15) is 0 Å². The van der Waals surface area contributed by atoms with E-state index >= 15 is 0 Å². The van der Waals surface area contributed by atoms with Crippen molar-refractivity contribution in [2.45, 2.75) is 32.8 Å². The van der Waals surface area contributed by atoms with Crippen molar-refractivity contribution in [3.05, 3.63) is 54.1 Å². The quantitative estimate of drug-likeness (QED) is 0.659. The van der Waals surface area contributed by atoms with Gasteiger partial charge in [-0.05, 0) is 44.5 Å². The molecule has 0 unspecified atom stereocenters. The zero-order chi connectivity index (χ0) is 21.6. The van der Waals surface area contributed by atoms with Gasteiger partial charge in [0.2, 0.25) is 15.9 Å². The summed E-state index contributed by atoms with van der Waals surface area (Å²) in [6, 6.07) is 9.80. The lowest BCUT2D eigenvalue weighted by molar-refractivity contribution is -0.116. The average molecular weight is 426 g/mol. The fraction of sp³-hybridized carbons (Fsp3) is 0.350. The SMILES string of the molecule is CC(C)Oc1cccc(NC(=O)CCCN(c2ccc(F)c(F)c2)S(C)(=O)=O)c1. The van der Waals surface area contributed by atoms with E-state index in [0.717, 1.165) is 22.7 Å². The molecule has 29 heavy (non-hydrogen) atoms. The highest BCUT2D eigenvalue weighted by atomic mass is 32.2. The molecule has 0 spiro atoms. The minimum absolute atomic E-state index is 0.000717. The van der Waals surface area contributed by atoms with Crippen LogP contribution in [0.2, 0.25) is 0 Å². The van der Waals surface area contributed by atoms with Gasteiger partial charge in [0, 0.05) is 30.8 Å². The molecule has 158 valence electrons. The van der Waals surface area contributed by atoms with Gasteiger partial charge in [-0.25, -0.2) is 17.2 Å². The molecule has 1 N–H and O–H groups in total. The first-order valence-electron chi connectivity index (χ1n) is 9.05. The number of carbonyl (C=O) groups is 1. The number of halogens is 2. The fourth-order valence-corrected chi connectivity index (χ4v) is 3.61. The molecule has 0 radical (unpaired) electrons. The Labute approximate surface area is 169 Å². The van der Waals surface area contributed by atoms with Crippen LogP contribution in [0.4, 0.5) is 20.2 Å². The molecule has 2 rings (SSSR count). The summed E-state index contributed by atoms with van der Waals surface area (Å²) < 4.78 is 57.1. The molecule has 0 aliphatic carbocycles. The average Bonchev–Trinajstić information content (AvgIpc) is 2.60. The molecule has 0 saturated heterocycles. The summed E-state index contributed by atoms with van der Waals surface area (Å²) in [6.45, 7) is 3.74. The number of ether oxygens (including phenoxy) is 1. The lowest BCUT2D eigenvalue weighted by Crippen LogP contribution is -2.31. The first kappa shape index (κ1) is 22.6. The van der Waals surface area contributed by atoms with E-state index < -0.39 is 21.7 Å². The summed E-state index contributed by atoms with van der Waals surface area (Å²) in [5, 5.41) is 2.73. The third-order valence-electron chi connectivity index (χ3n) is 3.85. The Morgan fingerprint density at radius 1 is 1.14 bits per heavy atom. The van der Waals surface area contributed by atoms with Crippen LogP contribution >= 0.6 is 0 Å². The predicted octanol–water partition coefficient (Wildman–Crippen LogP) is 3.94. The van der Waals surface area contributed by atoms with E-state index in [4.69, 9.17) is 4.74 Å². The smallest absolute Gasteiger partial charge is 0.232 e. The highest BCUT2D eigenvalue weighted by Crippen LogP contribution is 2.22. The van der Waals surface area contributed by atoms with Crippen molar-refractivity contribution in [2.24, 2.45) is 0 Å². The van der Waals surface area contributed by atoms with Crippen LogP contribution in [0.3, 0.4) is 0 Å². The zero-order valence-electron chi connectivity index (χ0n) is 16.5. The second kappa shape index (κ2) is 9.69. The Kier molecular flexibility index (Phi) is 7.55. The number of sulfonamides is 1. The second-order valence-corrected chi connectivity index (χ2v) is 8.69. The molecule has 9 heteroatoms. The summed E-state index contributed by atoms with van der Waals surface area (Å²) in [5.41, 5.74) is 0.569. The number of hydrogen-bond acceptors (Lipinski definition) is 4. The Bertz CT molecular complexity index is 965. The molecular weight excluding hydrogens is 402 g/mol. The van der Waals surface area contributed by atoms with Gasteiger partial charge in [0.25, 0.3) is 0 Å². The van der Waals surface area contributed by atoms with Crippen LogP contribution < -0.4 is 14.4 Å². The molecule has 0 heterocycles. The van der Waals surface area contributed by atoms with E-state index in [1.165, 1.54) is 6.07 Å². The van der Waals surface area contributed by atoms with Crippen LogP contribution in [0.15, 0.2) is 42.5 Å². The van der Waals surface area contributed by atoms with Gasteiger partial charge >= 0.3 is 0 Å². The van der Waals surface area contributed by atoms with Gasteiger partial charge in [0.05, 0.1) is 18.0 Å². The number of anilines is 2. The highest BCUT2D eigenvalue weighted by molar-refractivity contribution is 7.92. The van der Waals surface area contributed by atoms with Crippen LogP contribution in [0.5, 0.6) is 5.75 Å². The topological polar surface area (TPSA) is 75.7 Å². The molecule has 2 aromatic rings. The van der Waals surface area contributed by atoms with E-state index in [1.54, 1.807) is 24.3 Å². The maximum atomic E-state index is 13.5. The fourth-order valence-electron chi connectivity index (χ4n) is 2.65. The molecule has 0 aromatic heterocycles. The first-order valence-corrected chi connectivity index (χ1v) is 10.9. The molecule has 0 aliphatic rings. The van der Waals surface area contributed by atoms with Crippen molar-refractivity contribution < 1.29 is 26.7 Å². The Balaban J connectivity index is 1.97. The van der Waals surface area contributed by atoms with Crippen LogP contribution in [0.25, 0.3) is 0 Å². The molecule has 1 amide bonds. The van der Waals surface area contributed by atoms with E-state index in [2.05, 4.69) is 5.32 Å². The lowest BCUT2D eigenvalue weighted by Gasteiger charge is -2.22. The summed E-state index contributed by atoms with van der Waals surface area (Å²) in [4.78, 5) is 12.2. The Hall–Kier alpha value is -2.68. The summed E-state index contributed by atoms with van der Waals surface area (Å²) in [6.07, 6.45) is 1.21. The third kappa shape index (κ3) is 7.01. The highest BCUT2D eigenvalue weighted by Gasteiger charge is 2.19. The van der Waals surface area contributed by atoms with Crippen molar-refractivity contribution in [2.75, 3.05) is 22.4 Å². The van der Waals surface area contributed by atoms with Crippen molar-refractivity contribution in [1.82, 2.24) is 0 Å². The zero-order valence-corrected chi connectivity index (χ0v) is 17.3. The Morgan fingerprint density at radius 2 is 1.86 bits per heavy atom. The molecular formula is C20H24F2N2O4S. The van der Waals surface area contributed by atoms with E-state index in [1.807, 2.05) is 13.8 Å². The largest absolute Gasteiger partial charge is 0.491 e. The second-order valence-electron chi connectivity index (χ2n) is 6.78. The van der Waals surface area contributed by atoms with Crippen molar-refractivity contribution >= 4 is 27.3 Å². The molecule has 6 nitrogen and oxygen atoms in total. The molecule has 2 aromatic carbocycles. The van der Waals surface area contributed by atoms with Gasteiger partial charge in [-0.1, -0.05) is 6.07 Å². The summed E-state index contributed by atoms with van der Waals surface area (Å²) >= 11 is 0. The first-order chi connectivity index (χ1) is 13.6. The van der Waals surface area contributed by atoms with Crippen LogP contribution in [0.1, 0.15) is 26.7 Å². The van der Waals surface area contributed by atoms with E-state index in [9.17, 15) is 22.0 Å². The van der Waals surface area contributed by atoms with Gasteiger partial charge < -0.3 is 10.1 Å². The van der Waals surface area contributed by atoms with Gasteiger partial charge in [-0.15, -0.1) is 0 Å². The molecule has 0 atom stereocenters. The molecule has 0 aliphatic heterocycles. The van der Waals surface area contributed by atoms with Gasteiger partial charge in [0.15, 0.2) is 11.6 Å². The monoisotopic (exact) mass is 426 g/mol. The maximum Gasteiger partial charge on any atom is 0.232 e. The summed E-state index contributed by atoms with van der Waals surface area (Å²) in [7, 11) is -3.73. The minimum Gasteiger partial charge on any atom is -0.491 e. The number of nitrogens with zero attached hydrogens (tertiary/aromatic N) is 1. The number of carbonyl (C=O) groups excluding carboxylic acids is 1. The van der Waals surface area contributed by atoms with E-state index in [0.29, 0.717) is 11.4 Å². The Morgan fingerprint density at radius 3 is 2.48 bits per heavy atom. The number of rotatable bonds is 9. The van der Waals surface area contributed by atoms with Crippen molar-refractivity contribution in [3.63, 3.8) is 0 Å². The number of nitrogens with one attached hydrogen (secondary N) is 1. The van der Waals surface area contributed by atoms with Gasteiger partial charge in [-0.3, -0.25) is 9.10 Å². The van der Waals surface area contributed by atoms with Gasteiger partial charge in [0.1, 0.15) is 5.75 Å². The predicted molar refractivity (Wildman–Crippen MR) is 109 cm³/mol. The number of hydrogen-bond donors (Lipinski definition) is 1.